The molecule has 0 bridgehead atoms. The van der Waals surface area contributed by atoms with Crippen LogP contribution in [0.4, 0.5) is 5.82 Å². The van der Waals surface area contributed by atoms with Crippen molar-refractivity contribution in [2.24, 2.45) is 5.92 Å². The molecule has 1 N–H and O–H groups in total. The Bertz CT molecular complexity index is 880. The summed E-state index contributed by atoms with van der Waals surface area (Å²) in [5.41, 5.74) is 2.99. The summed E-state index contributed by atoms with van der Waals surface area (Å²) in [6.07, 6.45) is 7.25. The second-order valence-corrected chi connectivity index (χ2v) is 6.33. The zero-order valence-corrected chi connectivity index (χ0v) is 14.1. The van der Waals surface area contributed by atoms with E-state index in [1.165, 1.54) is 7.11 Å². The van der Waals surface area contributed by atoms with Gasteiger partial charge < -0.3 is 14.6 Å². The molecule has 128 valence electrons. The number of carbonyl (C=O) groups excluding carboxylic acids is 1. The lowest BCUT2D eigenvalue weighted by molar-refractivity contribution is -0.146. The summed E-state index contributed by atoms with van der Waals surface area (Å²) in [6.45, 7) is 1.64. The number of ether oxygens (including phenoxy) is 1. The number of pyridine rings is 2. The van der Waals surface area contributed by atoms with Gasteiger partial charge in [0.1, 0.15) is 11.5 Å². The van der Waals surface area contributed by atoms with Crippen LogP contribution in [0.25, 0.3) is 22.2 Å². The molecule has 1 fully saturated rings. The Hall–Kier alpha value is -2.89. The van der Waals surface area contributed by atoms with Gasteiger partial charge in [-0.2, -0.15) is 0 Å². The lowest BCUT2D eigenvalue weighted by atomic mass is 9.97. The molecule has 0 amide bonds. The number of aromatic nitrogens is 3. The second-order valence-electron chi connectivity index (χ2n) is 6.33. The largest absolute Gasteiger partial charge is 0.469 e. The highest BCUT2D eigenvalue weighted by atomic mass is 16.5. The first-order valence-corrected chi connectivity index (χ1v) is 8.47. The van der Waals surface area contributed by atoms with Crippen LogP contribution in [0.5, 0.6) is 0 Å². The molecule has 0 aliphatic carbocycles. The SMILES string of the molecule is COC(=O)C1CCN(c2ccc(-c3cnc4[nH]ccc4c3)cn2)CC1. The van der Waals surface area contributed by atoms with Gasteiger partial charge in [-0.1, -0.05) is 0 Å². The number of nitrogens with zero attached hydrogens (tertiary/aromatic N) is 3. The van der Waals surface area contributed by atoms with E-state index in [1.54, 1.807) is 0 Å². The molecular weight excluding hydrogens is 316 g/mol. The topological polar surface area (TPSA) is 71.1 Å². The van der Waals surface area contributed by atoms with Gasteiger partial charge in [-0.05, 0) is 37.1 Å². The third-order valence-corrected chi connectivity index (χ3v) is 4.83. The molecular formula is C19H20N4O2. The lowest BCUT2D eigenvalue weighted by Gasteiger charge is -2.31. The Kier molecular flexibility index (Phi) is 4.09. The molecule has 6 nitrogen and oxygen atoms in total. The third-order valence-electron chi connectivity index (χ3n) is 4.83. The van der Waals surface area contributed by atoms with Crippen molar-refractivity contribution in [2.45, 2.75) is 12.8 Å². The maximum Gasteiger partial charge on any atom is 0.308 e. The summed E-state index contributed by atoms with van der Waals surface area (Å²) >= 11 is 0. The van der Waals surface area contributed by atoms with Crippen molar-refractivity contribution in [3.8, 4) is 11.1 Å². The molecule has 1 aliphatic rings. The molecule has 0 saturated carbocycles. The average molecular weight is 336 g/mol. The van der Waals surface area contributed by atoms with Crippen LogP contribution >= 0.6 is 0 Å². The van der Waals surface area contributed by atoms with Crippen molar-refractivity contribution in [3.63, 3.8) is 0 Å². The molecule has 0 radical (unpaired) electrons. The number of anilines is 1. The molecule has 1 saturated heterocycles. The van der Waals surface area contributed by atoms with Crippen molar-refractivity contribution in [1.29, 1.82) is 0 Å². The quantitative estimate of drug-likeness (QED) is 0.745. The fourth-order valence-electron chi connectivity index (χ4n) is 3.35. The van der Waals surface area contributed by atoms with Crippen LogP contribution in [0, 0.1) is 5.92 Å². The molecule has 0 spiro atoms. The first-order chi connectivity index (χ1) is 12.2. The molecule has 4 rings (SSSR count). The highest BCUT2D eigenvalue weighted by molar-refractivity contribution is 5.81. The van der Waals surface area contributed by atoms with Crippen LogP contribution in [-0.2, 0) is 9.53 Å². The average Bonchev–Trinajstić information content (AvgIpc) is 3.15. The standard InChI is InChI=1S/C19H20N4O2/c1-25-19(24)13-5-8-23(9-6-13)17-3-2-15(11-21-17)16-10-14-4-7-20-18(14)22-12-16/h2-4,7,10-13H,5-6,8-9H2,1H3,(H,20,22). The first kappa shape index (κ1) is 15.6. The van der Waals surface area contributed by atoms with Gasteiger partial charge in [0.05, 0.1) is 13.0 Å². The fraction of sp³-hybridized carbons (Fsp3) is 0.316. The van der Waals surface area contributed by atoms with Crippen LogP contribution in [0.3, 0.4) is 0 Å². The number of hydrogen-bond acceptors (Lipinski definition) is 5. The van der Waals surface area contributed by atoms with Gasteiger partial charge in [0.2, 0.25) is 0 Å². The van der Waals surface area contributed by atoms with Crippen molar-refractivity contribution in [2.75, 3.05) is 25.1 Å². The molecule has 4 heterocycles. The Labute approximate surface area is 145 Å². The molecule has 6 heteroatoms. The van der Waals surface area contributed by atoms with E-state index in [-0.39, 0.29) is 11.9 Å². The van der Waals surface area contributed by atoms with Crippen LogP contribution in [0.15, 0.2) is 42.9 Å². The van der Waals surface area contributed by atoms with Crippen LogP contribution < -0.4 is 4.90 Å². The van der Waals surface area contributed by atoms with Gasteiger partial charge in [0.25, 0.3) is 0 Å². The zero-order valence-electron chi connectivity index (χ0n) is 14.1. The van der Waals surface area contributed by atoms with E-state index in [9.17, 15) is 4.79 Å². The number of hydrogen-bond donors (Lipinski definition) is 1. The van der Waals surface area contributed by atoms with Crippen LogP contribution in [0.2, 0.25) is 0 Å². The Morgan fingerprint density at radius 2 is 1.96 bits per heavy atom. The molecule has 1 aliphatic heterocycles. The minimum atomic E-state index is -0.101. The van der Waals surface area contributed by atoms with E-state index in [1.807, 2.05) is 30.7 Å². The van der Waals surface area contributed by atoms with Crippen molar-refractivity contribution in [3.05, 3.63) is 42.9 Å². The van der Waals surface area contributed by atoms with Crippen molar-refractivity contribution in [1.82, 2.24) is 15.0 Å². The van der Waals surface area contributed by atoms with Crippen LogP contribution in [0.1, 0.15) is 12.8 Å². The maximum absolute atomic E-state index is 11.6. The van der Waals surface area contributed by atoms with Crippen molar-refractivity contribution < 1.29 is 9.53 Å². The minimum Gasteiger partial charge on any atom is -0.469 e. The molecule has 0 atom stereocenters. The van der Waals surface area contributed by atoms with E-state index < -0.39 is 0 Å². The van der Waals surface area contributed by atoms with Gasteiger partial charge in [-0.3, -0.25) is 4.79 Å². The van der Waals surface area contributed by atoms with Gasteiger partial charge in [0.15, 0.2) is 0 Å². The van der Waals surface area contributed by atoms with E-state index in [2.05, 4.69) is 32.0 Å². The summed E-state index contributed by atoms with van der Waals surface area (Å²) in [6, 6.07) is 8.23. The Morgan fingerprint density at radius 1 is 1.16 bits per heavy atom. The summed E-state index contributed by atoms with van der Waals surface area (Å²) in [7, 11) is 1.45. The summed E-state index contributed by atoms with van der Waals surface area (Å²) in [4.78, 5) is 26.0. The predicted molar refractivity (Wildman–Crippen MR) is 96.3 cm³/mol. The van der Waals surface area contributed by atoms with E-state index >= 15 is 0 Å². The first-order valence-electron chi connectivity index (χ1n) is 8.47. The van der Waals surface area contributed by atoms with Crippen LogP contribution in [-0.4, -0.2) is 41.1 Å². The summed E-state index contributed by atoms with van der Waals surface area (Å²) in [5.74, 6) is 0.859. The number of fused-ring (bicyclic) bond motifs is 1. The normalized spacial score (nSPS) is 15.5. The number of H-pyrrole nitrogens is 1. The number of carbonyl (C=O) groups is 1. The van der Waals surface area contributed by atoms with E-state index in [0.717, 1.165) is 53.9 Å². The van der Waals surface area contributed by atoms with Gasteiger partial charge in [0, 0.05) is 48.2 Å². The third kappa shape index (κ3) is 3.07. The Morgan fingerprint density at radius 3 is 2.68 bits per heavy atom. The maximum atomic E-state index is 11.6. The van der Waals surface area contributed by atoms with E-state index in [4.69, 9.17) is 4.74 Å². The summed E-state index contributed by atoms with van der Waals surface area (Å²) in [5, 5.41) is 1.09. The lowest BCUT2D eigenvalue weighted by Crippen LogP contribution is -2.37. The summed E-state index contributed by atoms with van der Waals surface area (Å²) < 4.78 is 4.84. The van der Waals surface area contributed by atoms with Gasteiger partial charge in [-0.15, -0.1) is 0 Å². The molecule has 3 aromatic rings. The number of aromatic amines is 1. The predicted octanol–water partition coefficient (Wildman–Crippen LogP) is 3.01. The second kappa shape index (κ2) is 6.55. The number of piperidine rings is 1. The zero-order chi connectivity index (χ0) is 17.2. The Balaban J connectivity index is 1.48. The monoisotopic (exact) mass is 336 g/mol. The van der Waals surface area contributed by atoms with Gasteiger partial charge >= 0.3 is 5.97 Å². The molecule has 25 heavy (non-hydrogen) atoms. The fourth-order valence-corrected chi connectivity index (χ4v) is 3.35. The van der Waals surface area contributed by atoms with E-state index in [0.29, 0.717) is 0 Å². The van der Waals surface area contributed by atoms with Gasteiger partial charge in [-0.25, -0.2) is 9.97 Å². The number of esters is 1. The molecule has 3 aromatic heterocycles. The minimum absolute atomic E-state index is 0.0136. The molecule has 0 aromatic carbocycles. The highest BCUT2D eigenvalue weighted by Gasteiger charge is 2.26. The smallest absolute Gasteiger partial charge is 0.308 e. The highest BCUT2D eigenvalue weighted by Crippen LogP contribution is 2.26. The number of methoxy groups -OCH3 is 1. The number of nitrogens with one attached hydrogen (secondary N) is 1. The van der Waals surface area contributed by atoms with Crippen molar-refractivity contribution >= 4 is 22.8 Å². The number of rotatable bonds is 3. The molecule has 0 unspecified atom stereocenters.